The van der Waals surface area contributed by atoms with E-state index in [2.05, 4.69) is 11.8 Å². The van der Waals surface area contributed by atoms with Crippen LogP contribution in [0, 0.1) is 0 Å². The molecular weight excluding hydrogens is 204 g/mol. The van der Waals surface area contributed by atoms with E-state index in [9.17, 15) is 4.79 Å². The van der Waals surface area contributed by atoms with Gasteiger partial charge in [0.1, 0.15) is 0 Å². The minimum atomic E-state index is 0.342. The van der Waals surface area contributed by atoms with Crippen LogP contribution in [0.15, 0.2) is 0 Å². The lowest BCUT2D eigenvalue weighted by atomic mass is 10.2. The summed E-state index contributed by atoms with van der Waals surface area (Å²) in [7, 11) is 0. The Labute approximate surface area is 97.5 Å². The molecule has 0 aliphatic carbocycles. The van der Waals surface area contributed by atoms with Crippen molar-refractivity contribution in [2.24, 2.45) is 0 Å². The molecular formula is C12H22N2O2. The molecule has 16 heavy (non-hydrogen) atoms. The average Bonchev–Trinajstić information content (AvgIpc) is 2.62. The average molecular weight is 226 g/mol. The third kappa shape index (κ3) is 2.95. The molecule has 0 bridgehead atoms. The quantitative estimate of drug-likeness (QED) is 0.708. The molecule has 1 unspecified atom stereocenters. The highest BCUT2D eigenvalue weighted by molar-refractivity contribution is 5.78. The Morgan fingerprint density at radius 2 is 2.06 bits per heavy atom. The molecule has 0 aromatic carbocycles. The van der Waals surface area contributed by atoms with Gasteiger partial charge >= 0.3 is 0 Å². The van der Waals surface area contributed by atoms with Crippen LogP contribution in [0.2, 0.25) is 0 Å². The molecule has 2 aliphatic rings. The standard InChI is InChI=1S/C12H22N2O2/c1-11-3-4-12(15)14(11)6-2-5-13-7-9-16-10-8-13/h11H,2-10H2,1H3. The Morgan fingerprint density at radius 1 is 1.31 bits per heavy atom. The summed E-state index contributed by atoms with van der Waals surface area (Å²) in [6.07, 6.45) is 2.88. The van der Waals surface area contributed by atoms with Crippen molar-refractivity contribution in [2.75, 3.05) is 39.4 Å². The van der Waals surface area contributed by atoms with E-state index in [0.29, 0.717) is 11.9 Å². The van der Waals surface area contributed by atoms with Crippen LogP contribution in [0.4, 0.5) is 0 Å². The molecule has 2 rings (SSSR count). The molecule has 4 nitrogen and oxygen atoms in total. The predicted octanol–water partition coefficient (Wildman–Crippen LogP) is 0.720. The highest BCUT2D eigenvalue weighted by atomic mass is 16.5. The van der Waals surface area contributed by atoms with E-state index >= 15 is 0 Å². The minimum absolute atomic E-state index is 0.342. The van der Waals surface area contributed by atoms with E-state index < -0.39 is 0 Å². The summed E-state index contributed by atoms with van der Waals surface area (Å²) in [4.78, 5) is 16.0. The van der Waals surface area contributed by atoms with Crippen LogP contribution < -0.4 is 0 Å². The number of amides is 1. The Balaban J connectivity index is 1.65. The lowest BCUT2D eigenvalue weighted by Crippen LogP contribution is -2.39. The number of carbonyl (C=O) groups excluding carboxylic acids is 1. The molecule has 2 fully saturated rings. The Morgan fingerprint density at radius 3 is 2.69 bits per heavy atom. The maximum absolute atomic E-state index is 11.6. The van der Waals surface area contributed by atoms with Gasteiger partial charge in [0, 0.05) is 38.6 Å². The van der Waals surface area contributed by atoms with Crippen molar-refractivity contribution >= 4 is 5.91 Å². The maximum atomic E-state index is 11.6. The van der Waals surface area contributed by atoms with E-state index in [1.54, 1.807) is 0 Å². The van der Waals surface area contributed by atoms with Gasteiger partial charge in [-0.15, -0.1) is 0 Å². The zero-order valence-corrected chi connectivity index (χ0v) is 10.2. The summed E-state index contributed by atoms with van der Waals surface area (Å²) >= 11 is 0. The Bertz CT molecular complexity index is 239. The van der Waals surface area contributed by atoms with Gasteiger partial charge in [0.15, 0.2) is 0 Å². The second-order valence-electron chi connectivity index (χ2n) is 4.78. The van der Waals surface area contributed by atoms with Crippen molar-refractivity contribution in [3.05, 3.63) is 0 Å². The lowest BCUT2D eigenvalue weighted by molar-refractivity contribution is -0.128. The van der Waals surface area contributed by atoms with Crippen LogP contribution in [0.25, 0.3) is 0 Å². The molecule has 0 N–H and O–H groups in total. The van der Waals surface area contributed by atoms with E-state index in [1.807, 2.05) is 4.90 Å². The van der Waals surface area contributed by atoms with Gasteiger partial charge in [0.25, 0.3) is 0 Å². The van der Waals surface area contributed by atoms with Crippen molar-refractivity contribution < 1.29 is 9.53 Å². The zero-order valence-electron chi connectivity index (χ0n) is 10.2. The van der Waals surface area contributed by atoms with E-state index in [-0.39, 0.29) is 0 Å². The number of likely N-dealkylation sites (tertiary alicyclic amines) is 1. The van der Waals surface area contributed by atoms with Crippen molar-refractivity contribution in [3.63, 3.8) is 0 Å². The molecule has 2 aliphatic heterocycles. The van der Waals surface area contributed by atoms with Crippen molar-refractivity contribution in [1.82, 2.24) is 9.80 Å². The van der Waals surface area contributed by atoms with Gasteiger partial charge < -0.3 is 9.64 Å². The van der Waals surface area contributed by atoms with Crippen LogP contribution >= 0.6 is 0 Å². The van der Waals surface area contributed by atoms with Gasteiger partial charge in [-0.1, -0.05) is 0 Å². The number of rotatable bonds is 4. The van der Waals surface area contributed by atoms with Crippen LogP contribution in [0.5, 0.6) is 0 Å². The number of morpholine rings is 1. The highest BCUT2D eigenvalue weighted by Crippen LogP contribution is 2.18. The number of ether oxygens (including phenoxy) is 1. The number of nitrogens with zero attached hydrogens (tertiary/aromatic N) is 2. The van der Waals surface area contributed by atoms with Crippen molar-refractivity contribution in [1.29, 1.82) is 0 Å². The van der Waals surface area contributed by atoms with Gasteiger partial charge in [-0.25, -0.2) is 0 Å². The fraction of sp³-hybridized carbons (Fsp3) is 0.917. The Kier molecular flexibility index (Phi) is 4.18. The molecule has 1 amide bonds. The summed E-state index contributed by atoms with van der Waals surface area (Å²) in [5, 5.41) is 0. The molecule has 0 saturated carbocycles. The molecule has 2 saturated heterocycles. The van der Waals surface area contributed by atoms with E-state index in [1.165, 1.54) is 0 Å². The predicted molar refractivity (Wildman–Crippen MR) is 62.3 cm³/mol. The number of hydrogen-bond donors (Lipinski definition) is 0. The minimum Gasteiger partial charge on any atom is -0.379 e. The molecule has 0 spiro atoms. The van der Waals surface area contributed by atoms with Gasteiger partial charge in [-0.2, -0.15) is 0 Å². The fourth-order valence-corrected chi connectivity index (χ4v) is 2.51. The van der Waals surface area contributed by atoms with Crippen LogP contribution in [-0.4, -0.2) is 61.1 Å². The largest absolute Gasteiger partial charge is 0.379 e. The van der Waals surface area contributed by atoms with E-state index in [0.717, 1.165) is 58.7 Å². The molecule has 92 valence electrons. The maximum Gasteiger partial charge on any atom is 0.222 e. The monoisotopic (exact) mass is 226 g/mol. The fourth-order valence-electron chi connectivity index (χ4n) is 2.51. The molecule has 0 aromatic rings. The summed E-state index contributed by atoms with van der Waals surface area (Å²) in [5.41, 5.74) is 0. The van der Waals surface area contributed by atoms with Gasteiger partial charge in [-0.3, -0.25) is 9.69 Å². The van der Waals surface area contributed by atoms with Gasteiger partial charge in [0.2, 0.25) is 5.91 Å². The SMILES string of the molecule is CC1CCC(=O)N1CCCN1CCOCC1. The second kappa shape index (κ2) is 5.64. The topological polar surface area (TPSA) is 32.8 Å². The summed E-state index contributed by atoms with van der Waals surface area (Å²) in [5.74, 6) is 0.342. The highest BCUT2D eigenvalue weighted by Gasteiger charge is 2.26. The van der Waals surface area contributed by atoms with Crippen LogP contribution in [0.1, 0.15) is 26.2 Å². The van der Waals surface area contributed by atoms with Crippen molar-refractivity contribution in [3.8, 4) is 0 Å². The first-order valence-corrected chi connectivity index (χ1v) is 6.37. The zero-order chi connectivity index (χ0) is 11.4. The molecule has 4 heteroatoms. The summed E-state index contributed by atoms with van der Waals surface area (Å²) in [6.45, 7) is 7.99. The van der Waals surface area contributed by atoms with E-state index in [4.69, 9.17) is 4.74 Å². The normalized spacial score (nSPS) is 27.7. The Hall–Kier alpha value is -0.610. The first kappa shape index (κ1) is 11.9. The number of carbonyl (C=O) groups is 1. The van der Waals surface area contributed by atoms with Crippen LogP contribution in [0.3, 0.4) is 0 Å². The first-order valence-electron chi connectivity index (χ1n) is 6.37. The smallest absolute Gasteiger partial charge is 0.222 e. The first-order chi connectivity index (χ1) is 7.77. The third-order valence-electron chi connectivity index (χ3n) is 3.61. The number of hydrogen-bond acceptors (Lipinski definition) is 3. The molecule has 0 aromatic heterocycles. The molecule has 0 radical (unpaired) electrons. The third-order valence-corrected chi connectivity index (χ3v) is 3.61. The van der Waals surface area contributed by atoms with Gasteiger partial charge in [-0.05, 0) is 19.8 Å². The second-order valence-corrected chi connectivity index (χ2v) is 4.78. The lowest BCUT2D eigenvalue weighted by Gasteiger charge is -2.28. The molecule has 1 atom stereocenters. The summed E-state index contributed by atoms with van der Waals surface area (Å²) in [6, 6.07) is 0.456. The van der Waals surface area contributed by atoms with Crippen LogP contribution in [-0.2, 0) is 9.53 Å². The van der Waals surface area contributed by atoms with Gasteiger partial charge in [0.05, 0.1) is 13.2 Å². The molecule has 2 heterocycles. The van der Waals surface area contributed by atoms with Crippen molar-refractivity contribution in [2.45, 2.75) is 32.2 Å². The summed E-state index contributed by atoms with van der Waals surface area (Å²) < 4.78 is 5.31.